The second-order valence-electron chi connectivity index (χ2n) is 4.02. The molecule has 0 saturated carbocycles. The van der Waals surface area contributed by atoms with Crippen LogP contribution in [0.3, 0.4) is 0 Å². The molecule has 0 bridgehead atoms. The molecule has 1 aromatic heterocycles. The Morgan fingerprint density at radius 2 is 2.00 bits per heavy atom. The molecule has 16 heavy (non-hydrogen) atoms. The molecule has 84 valence electrons. The molecule has 0 fully saturated rings. The Morgan fingerprint density at radius 3 is 2.50 bits per heavy atom. The van der Waals surface area contributed by atoms with Crippen LogP contribution < -0.4 is 5.56 Å². The highest BCUT2D eigenvalue weighted by Crippen LogP contribution is 2.27. The van der Waals surface area contributed by atoms with Crippen LogP contribution in [0, 0.1) is 13.8 Å². The van der Waals surface area contributed by atoms with Crippen molar-refractivity contribution in [3.63, 3.8) is 0 Å². The van der Waals surface area contributed by atoms with E-state index in [1.807, 2.05) is 32.0 Å². The number of nitrogens with zero attached hydrogens (tertiary/aromatic N) is 1. The van der Waals surface area contributed by atoms with Gasteiger partial charge in [0.1, 0.15) is 5.56 Å². The lowest BCUT2D eigenvalue weighted by molar-refractivity contribution is 0.420. The van der Waals surface area contributed by atoms with Gasteiger partial charge in [-0.25, -0.2) is 0 Å². The standard InChI is InChI=1S/C12H14N2O2/c1-7-4-5-9(8(2)6-7)10-11(15)13-14(3)12(10)16/h4-6,16H,1-3H3,(H,13,15). The van der Waals surface area contributed by atoms with Crippen LogP contribution in [0.15, 0.2) is 23.0 Å². The summed E-state index contributed by atoms with van der Waals surface area (Å²) in [5.74, 6) is -0.0306. The number of aromatic nitrogens is 2. The minimum Gasteiger partial charge on any atom is -0.493 e. The van der Waals surface area contributed by atoms with Gasteiger partial charge in [0, 0.05) is 7.05 Å². The molecule has 0 aliphatic carbocycles. The molecule has 2 aromatic rings. The zero-order valence-electron chi connectivity index (χ0n) is 9.53. The first-order valence-electron chi connectivity index (χ1n) is 5.06. The summed E-state index contributed by atoms with van der Waals surface area (Å²) in [6.45, 7) is 3.92. The lowest BCUT2D eigenvalue weighted by Crippen LogP contribution is -2.04. The van der Waals surface area contributed by atoms with Crippen LogP contribution in [0.5, 0.6) is 5.88 Å². The van der Waals surface area contributed by atoms with Crippen molar-refractivity contribution < 1.29 is 5.11 Å². The molecule has 4 nitrogen and oxygen atoms in total. The lowest BCUT2D eigenvalue weighted by Gasteiger charge is -2.04. The average Bonchev–Trinajstić information content (AvgIpc) is 2.43. The Bertz CT molecular complexity index is 594. The summed E-state index contributed by atoms with van der Waals surface area (Å²) < 4.78 is 1.32. The maximum atomic E-state index is 11.7. The second kappa shape index (κ2) is 3.56. The first kappa shape index (κ1) is 10.5. The highest BCUT2D eigenvalue weighted by atomic mass is 16.3. The molecule has 0 amide bonds. The van der Waals surface area contributed by atoms with Crippen LogP contribution in [-0.2, 0) is 7.05 Å². The fourth-order valence-electron chi connectivity index (χ4n) is 1.87. The molecule has 1 heterocycles. The van der Waals surface area contributed by atoms with Gasteiger partial charge in [-0.3, -0.25) is 14.6 Å². The largest absolute Gasteiger partial charge is 0.493 e. The monoisotopic (exact) mass is 218 g/mol. The summed E-state index contributed by atoms with van der Waals surface area (Å²) >= 11 is 0. The van der Waals surface area contributed by atoms with Crippen molar-refractivity contribution in [2.24, 2.45) is 7.05 Å². The number of hydrogen-bond acceptors (Lipinski definition) is 2. The van der Waals surface area contributed by atoms with Crippen LogP contribution in [0.25, 0.3) is 11.1 Å². The molecule has 0 atom stereocenters. The van der Waals surface area contributed by atoms with E-state index in [2.05, 4.69) is 5.10 Å². The van der Waals surface area contributed by atoms with E-state index < -0.39 is 0 Å². The number of rotatable bonds is 1. The Balaban J connectivity index is 2.72. The van der Waals surface area contributed by atoms with Crippen molar-refractivity contribution in [3.05, 3.63) is 39.7 Å². The van der Waals surface area contributed by atoms with Gasteiger partial charge < -0.3 is 5.11 Å². The lowest BCUT2D eigenvalue weighted by atomic mass is 10.0. The summed E-state index contributed by atoms with van der Waals surface area (Å²) in [7, 11) is 1.60. The predicted molar refractivity (Wildman–Crippen MR) is 62.6 cm³/mol. The maximum absolute atomic E-state index is 11.7. The van der Waals surface area contributed by atoms with E-state index >= 15 is 0 Å². The molecule has 4 heteroatoms. The summed E-state index contributed by atoms with van der Waals surface area (Å²) in [6.07, 6.45) is 0. The number of nitrogens with one attached hydrogen (secondary N) is 1. The van der Waals surface area contributed by atoms with Crippen molar-refractivity contribution in [1.29, 1.82) is 0 Å². The predicted octanol–water partition coefficient (Wildman–Crippen LogP) is 1.70. The van der Waals surface area contributed by atoms with Gasteiger partial charge in [-0.15, -0.1) is 0 Å². The molecule has 2 rings (SSSR count). The number of aromatic hydroxyl groups is 1. The van der Waals surface area contributed by atoms with Crippen molar-refractivity contribution in [3.8, 4) is 17.0 Å². The summed E-state index contributed by atoms with van der Waals surface area (Å²) in [6, 6.07) is 5.77. The topological polar surface area (TPSA) is 58.0 Å². The van der Waals surface area contributed by atoms with Gasteiger partial charge in [0.15, 0.2) is 0 Å². The van der Waals surface area contributed by atoms with E-state index in [0.29, 0.717) is 5.56 Å². The summed E-state index contributed by atoms with van der Waals surface area (Å²) in [4.78, 5) is 11.7. The highest BCUT2D eigenvalue weighted by Gasteiger charge is 2.15. The molecular weight excluding hydrogens is 204 g/mol. The normalized spacial score (nSPS) is 10.7. The molecule has 0 spiro atoms. The van der Waals surface area contributed by atoms with E-state index in [1.54, 1.807) is 7.05 Å². The minimum atomic E-state index is -0.271. The van der Waals surface area contributed by atoms with Gasteiger partial charge in [0.2, 0.25) is 5.88 Å². The van der Waals surface area contributed by atoms with Crippen molar-refractivity contribution in [2.45, 2.75) is 13.8 Å². The highest BCUT2D eigenvalue weighted by molar-refractivity contribution is 5.71. The van der Waals surface area contributed by atoms with Crippen LogP contribution in [0.1, 0.15) is 11.1 Å². The first-order valence-corrected chi connectivity index (χ1v) is 5.06. The van der Waals surface area contributed by atoms with E-state index in [9.17, 15) is 9.90 Å². The van der Waals surface area contributed by atoms with Gasteiger partial charge >= 0.3 is 0 Å². The molecule has 0 aliphatic heterocycles. The van der Waals surface area contributed by atoms with E-state index in [0.717, 1.165) is 16.7 Å². The van der Waals surface area contributed by atoms with E-state index in [-0.39, 0.29) is 11.4 Å². The van der Waals surface area contributed by atoms with Crippen molar-refractivity contribution >= 4 is 0 Å². The third-order valence-corrected chi connectivity index (χ3v) is 2.69. The molecule has 2 N–H and O–H groups in total. The van der Waals surface area contributed by atoms with Gasteiger partial charge in [0.05, 0.1) is 0 Å². The van der Waals surface area contributed by atoms with Gasteiger partial charge in [0.25, 0.3) is 5.56 Å². The van der Waals surface area contributed by atoms with Crippen molar-refractivity contribution in [2.75, 3.05) is 0 Å². The third kappa shape index (κ3) is 1.52. The van der Waals surface area contributed by atoms with Crippen LogP contribution in [0.4, 0.5) is 0 Å². The Morgan fingerprint density at radius 1 is 1.31 bits per heavy atom. The van der Waals surface area contributed by atoms with E-state index in [4.69, 9.17) is 0 Å². The van der Waals surface area contributed by atoms with Crippen LogP contribution in [0.2, 0.25) is 0 Å². The maximum Gasteiger partial charge on any atom is 0.275 e. The average molecular weight is 218 g/mol. The number of aryl methyl sites for hydroxylation is 3. The summed E-state index contributed by atoms with van der Waals surface area (Å²) in [5.41, 5.74) is 2.94. The fourth-order valence-corrected chi connectivity index (χ4v) is 1.87. The van der Waals surface area contributed by atoms with Crippen LogP contribution in [-0.4, -0.2) is 14.9 Å². The molecule has 0 saturated heterocycles. The Labute approximate surface area is 93.1 Å². The first-order chi connectivity index (χ1) is 7.50. The zero-order chi connectivity index (χ0) is 11.9. The van der Waals surface area contributed by atoms with E-state index in [1.165, 1.54) is 4.68 Å². The Hall–Kier alpha value is -1.97. The molecule has 0 aliphatic rings. The number of benzene rings is 1. The van der Waals surface area contributed by atoms with Crippen LogP contribution >= 0.6 is 0 Å². The van der Waals surface area contributed by atoms with Gasteiger partial charge in [-0.2, -0.15) is 0 Å². The molecule has 1 aromatic carbocycles. The van der Waals surface area contributed by atoms with Crippen molar-refractivity contribution in [1.82, 2.24) is 9.78 Å². The molecule has 0 unspecified atom stereocenters. The number of aromatic amines is 1. The third-order valence-electron chi connectivity index (χ3n) is 2.69. The SMILES string of the molecule is Cc1ccc(-c2c(O)n(C)[nH]c2=O)c(C)c1. The minimum absolute atomic E-state index is 0.0306. The summed E-state index contributed by atoms with van der Waals surface area (Å²) in [5, 5.41) is 12.3. The molecule has 0 radical (unpaired) electrons. The fraction of sp³-hybridized carbons (Fsp3) is 0.250. The smallest absolute Gasteiger partial charge is 0.275 e. The number of hydrogen-bond donors (Lipinski definition) is 2. The zero-order valence-corrected chi connectivity index (χ0v) is 9.53. The Kier molecular flexibility index (Phi) is 2.34. The molecular formula is C12H14N2O2. The van der Waals surface area contributed by atoms with Gasteiger partial charge in [-0.1, -0.05) is 23.8 Å². The second-order valence-corrected chi connectivity index (χ2v) is 4.02. The number of H-pyrrole nitrogens is 1. The van der Waals surface area contributed by atoms with Gasteiger partial charge in [-0.05, 0) is 25.0 Å². The quantitative estimate of drug-likeness (QED) is 0.765.